The lowest BCUT2D eigenvalue weighted by Gasteiger charge is -2.22. The smallest absolute Gasteiger partial charge is 0.320 e. The molecule has 3 heteroatoms. The van der Waals surface area contributed by atoms with Gasteiger partial charge in [0.05, 0.1) is 0 Å². The van der Waals surface area contributed by atoms with Crippen LogP contribution in [0.15, 0.2) is 0 Å². The van der Waals surface area contributed by atoms with Gasteiger partial charge in [0.1, 0.15) is 6.04 Å². The van der Waals surface area contributed by atoms with E-state index in [9.17, 15) is 4.79 Å². The molecule has 3 atom stereocenters. The standard InChI is InChI=1S/C12H25NO2/c1-5-7-11(12(14)15)13-10(4)8-9(3)6-2/h9-11,13H,5-8H2,1-4H3,(H,14,15). The third-order valence-corrected chi connectivity index (χ3v) is 2.81. The SMILES string of the molecule is CCCC(NC(C)CC(C)CC)C(=O)O. The molecule has 0 saturated heterocycles. The number of nitrogens with one attached hydrogen (secondary N) is 1. The fourth-order valence-electron chi connectivity index (χ4n) is 1.75. The van der Waals surface area contributed by atoms with Crippen LogP contribution in [0, 0.1) is 5.92 Å². The summed E-state index contributed by atoms with van der Waals surface area (Å²) in [5.74, 6) is -0.0728. The van der Waals surface area contributed by atoms with E-state index in [0.29, 0.717) is 12.3 Å². The van der Waals surface area contributed by atoms with Gasteiger partial charge in [-0.1, -0.05) is 33.6 Å². The van der Waals surface area contributed by atoms with E-state index >= 15 is 0 Å². The normalized spacial score (nSPS) is 17.1. The molecule has 0 aromatic rings. The van der Waals surface area contributed by atoms with Crippen LogP contribution >= 0.6 is 0 Å². The van der Waals surface area contributed by atoms with Crippen molar-refractivity contribution >= 4 is 5.97 Å². The van der Waals surface area contributed by atoms with Crippen LogP contribution in [0.1, 0.15) is 53.4 Å². The summed E-state index contributed by atoms with van der Waals surface area (Å²) in [6, 6.07) is -0.0957. The molecular formula is C12H25NO2. The van der Waals surface area contributed by atoms with Crippen molar-refractivity contribution in [1.82, 2.24) is 5.32 Å². The van der Waals surface area contributed by atoms with Gasteiger partial charge in [-0.25, -0.2) is 0 Å². The molecule has 0 aromatic heterocycles. The zero-order valence-electron chi connectivity index (χ0n) is 10.4. The summed E-state index contributed by atoms with van der Waals surface area (Å²) in [7, 11) is 0. The van der Waals surface area contributed by atoms with Crippen LogP contribution in [0.25, 0.3) is 0 Å². The molecule has 0 aliphatic heterocycles. The first-order valence-electron chi connectivity index (χ1n) is 6.00. The molecule has 0 spiro atoms. The minimum absolute atomic E-state index is 0.285. The maximum atomic E-state index is 10.9. The molecule has 0 bridgehead atoms. The first kappa shape index (κ1) is 14.4. The molecule has 0 aromatic carbocycles. The minimum Gasteiger partial charge on any atom is -0.480 e. The number of carboxylic acid groups (broad SMARTS) is 1. The molecule has 0 aliphatic carbocycles. The highest BCUT2D eigenvalue weighted by atomic mass is 16.4. The van der Waals surface area contributed by atoms with Crippen molar-refractivity contribution in [2.24, 2.45) is 5.92 Å². The van der Waals surface area contributed by atoms with E-state index in [0.717, 1.165) is 19.3 Å². The molecule has 0 radical (unpaired) electrons. The van der Waals surface area contributed by atoms with E-state index in [1.807, 2.05) is 6.92 Å². The Morgan fingerprint density at radius 2 is 1.93 bits per heavy atom. The highest BCUT2D eigenvalue weighted by Crippen LogP contribution is 2.10. The van der Waals surface area contributed by atoms with Crippen LogP contribution in [0.2, 0.25) is 0 Å². The fraction of sp³-hybridized carbons (Fsp3) is 0.917. The van der Waals surface area contributed by atoms with Gasteiger partial charge in [0, 0.05) is 6.04 Å². The summed E-state index contributed by atoms with van der Waals surface area (Å²) in [5, 5.41) is 12.2. The first-order chi connectivity index (χ1) is 7.01. The van der Waals surface area contributed by atoms with E-state index in [1.165, 1.54) is 0 Å². The Bertz CT molecular complexity index is 182. The van der Waals surface area contributed by atoms with Crippen LogP contribution in [-0.2, 0) is 4.79 Å². The largest absolute Gasteiger partial charge is 0.480 e. The lowest BCUT2D eigenvalue weighted by molar-refractivity contribution is -0.139. The van der Waals surface area contributed by atoms with Crippen molar-refractivity contribution in [3.8, 4) is 0 Å². The van der Waals surface area contributed by atoms with Crippen molar-refractivity contribution in [1.29, 1.82) is 0 Å². The number of hydrogen-bond acceptors (Lipinski definition) is 2. The molecule has 0 amide bonds. The van der Waals surface area contributed by atoms with Crippen molar-refractivity contribution in [2.45, 2.75) is 65.5 Å². The molecule has 3 unspecified atom stereocenters. The molecular weight excluding hydrogens is 190 g/mol. The molecule has 0 saturated carbocycles. The molecule has 0 aliphatic rings. The van der Waals surface area contributed by atoms with Crippen LogP contribution < -0.4 is 5.32 Å². The Morgan fingerprint density at radius 3 is 2.33 bits per heavy atom. The maximum Gasteiger partial charge on any atom is 0.320 e. The molecule has 15 heavy (non-hydrogen) atoms. The van der Waals surface area contributed by atoms with Gasteiger partial charge < -0.3 is 10.4 Å². The Balaban J connectivity index is 3.99. The van der Waals surface area contributed by atoms with E-state index in [1.54, 1.807) is 0 Å². The van der Waals surface area contributed by atoms with Gasteiger partial charge in [-0.3, -0.25) is 4.79 Å². The molecule has 0 heterocycles. The van der Waals surface area contributed by atoms with Crippen molar-refractivity contribution in [2.75, 3.05) is 0 Å². The van der Waals surface area contributed by atoms with E-state index in [-0.39, 0.29) is 12.1 Å². The average molecular weight is 215 g/mol. The van der Waals surface area contributed by atoms with Gasteiger partial charge >= 0.3 is 5.97 Å². The Morgan fingerprint density at radius 1 is 1.33 bits per heavy atom. The van der Waals surface area contributed by atoms with E-state index in [2.05, 4.69) is 26.1 Å². The Kier molecular flexibility index (Phi) is 7.39. The first-order valence-corrected chi connectivity index (χ1v) is 6.00. The van der Waals surface area contributed by atoms with Gasteiger partial charge in [-0.15, -0.1) is 0 Å². The van der Waals surface area contributed by atoms with Crippen LogP contribution in [-0.4, -0.2) is 23.2 Å². The summed E-state index contributed by atoms with van der Waals surface area (Å²) >= 11 is 0. The number of aliphatic carboxylic acids is 1. The van der Waals surface area contributed by atoms with Crippen molar-refractivity contribution in [3.63, 3.8) is 0 Å². The monoisotopic (exact) mass is 215 g/mol. The zero-order valence-corrected chi connectivity index (χ0v) is 10.4. The highest BCUT2D eigenvalue weighted by molar-refractivity contribution is 5.73. The average Bonchev–Trinajstić information content (AvgIpc) is 2.16. The molecule has 3 nitrogen and oxygen atoms in total. The van der Waals surface area contributed by atoms with Gasteiger partial charge in [0.25, 0.3) is 0 Å². The molecule has 0 rings (SSSR count). The minimum atomic E-state index is -0.729. The van der Waals surface area contributed by atoms with Gasteiger partial charge in [0.15, 0.2) is 0 Å². The predicted octanol–water partition coefficient (Wildman–Crippen LogP) is 2.65. The van der Waals surface area contributed by atoms with E-state index in [4.69, 9.17) is 5.11 Å². The van der Waals surface area contributed by atoms with Crippen LogP contribution in [0.5, 0.6) is 0 Å². The van der Waals surface area contributed by atoms with Gasteiger partial charge in [0.2, 0.25) is 0 Å². The van der Waals surface area contributed by atoms with Crippen LogP contribution in [0.3, 0.4) is 0 Å². The second-order valence-electron chi connectivity index (χ2n) is 4.50. The number of rotatable bonds is 8. The number of carbonyl (C=O) groups is 1. The summed E-state index contributed by atoms with van der Waals surface area (Å²) in [6.07, 6.45) is 3.81. The lowest BCUT2D eigenvalue weighted by atomic mass is 9.99. The molecule has 0 fully saturated rings. The third kappa shape index (κ3) is 6.50. The number of hydrogen-bond donors (Lipinski definition) is 2. The summed E-state index contributed by atoms with van der Waals surface area (Å²) in [6.45, 7) is 8.45. The highest BCUT2D eigenvalue weighted by Gasteiger charge is 2.18. The maximum absolute atomic E-state index is 10.9. The predicted molar refractivity (Wildman–Crippen MR) is 63.0 cm³/mol. The second-order valence-corrected chi connectivity index (χ2v) is 4.50. The summed E-state index contributed by atoms with van der Waals surface area (Å²) < 4.78 is 0. The Labute approximate surface area is 93.3 Å². The Hall–Kier alpha value is -0.570. The third-order valence-electron chi connectivity index (χ3n) is 2.81. The molecule has 90 valence electrons. The van der Waals surface area contributed by atoms with Crippen molar-refractivity contribution in [3.05, 3.63) is 0 Å². The van der Waals surface area contributed by atoms with Crippen LogP contribution in [0.4, 0.5) is 0 Å². The fourth-order valence-corrected chi connectivity index (χ4v) is 1.75. The van der Waals surface area contributed by atoms with Crippen molar-refractivity contribution < 1.29 is 9.90 Å². The van der Waals surface area contributed by atoms with Gasteiger partial charge in [-0.2, -0.15) is 0 Å². The summed E-state index contributed by atoms with van der Waals surface area (Å²) in [5.41, 5.74) is 0. The van der Waals surface area contributed by atoms with Gasteiger partial charge in [-0.05, 0) is 25.7 Å². The zero-order chi connectivity index (χ0) is 11.8. The number of carboxylic acids is 1. The summed E-state index contributed by atoms with van der Waals surface area (Å²) in [4.78, 5) is 10.9. The quantitative estimate of drug-likeness (QED) is 0.654. The topological polar surface area (TPSA) is 49.3 Å². The lowest BCUT2D eigenvalue weighted by Crippen LogP contribution is -2.42. The van der Waals surface area contributed by atoms with E-state index < -0.39 is 5.97 Å². The second kappa shape index (κ2) is 7.69. The molecule has 2 N–H and O–H groups in total.